The predicted octanol–water partition coefficient (Wildman–Crippen LogP) is 0.978. The van der Waals surface area contributed by atoms with Crippen LogP contribution in [0.3, 0.4) is 0 Å². The number of fused-ring (bicyclic) bond motifs is 1. The summed E-state index contributed by atoms with van der Waals surface area (Å²) in [6.07, 6.45) is 3.19. The van der Waals surface area contributed by atoms with Crippen LogP contribution >= 0.6 is 0 Å². The molecule has 108 valence electrons. The molecule has 2 rings (SSSR count). The molecule has 0 radical (unpaired) electrons. The number of primary amides is 1. The molecule has 1 aromatic rings. The summed E-state index contributed by atoms with van der Waals surface area (Å²) in [7, 11) is 0. The lowest BCUT2D eigenvalue weighted by molar-refractivity contribution is -0.138. The third-order valence-electron chi connectivity index (χ3n) is 3.71. The first-order valence-electron chi connectivity index (χ1n) is 6.86. The third-order valence-corrected chi connectivity index (χ3v) is 3.71. The first kappa shape index (κ1) is 14.5. The highest BCUT2D eigenvalue weighted by molar-refractivity contribution is 5.77. The number of hydrogen-bond acceptors (Lipinski definition) is 3. The second kappa shape index (κ2) is 6.52. The lowest BCUT2D eigenvalue weighted by atomic mass is 9.82. The van der Waals surface area contributed by atoms with Gasteiger partial charge in [-0.05, 0) is 36.3 Å². The Hall–Kier alpha value is -1.88. The number of carboxylic acid groups (broad SMARTS) is 1. The quantitative estimate of drug-likeness (QED) is 0.811. The number of hydrogen-bond donors (Lipinski definition) is 2. The maximum atomic E-state index is 11.1. The molecule has 0 fully saturated rings. The molecule has 5 heteroatoms. The minimum Gasteiger partial charge on any atom is -0.480 e. The van der Waals surface area contributed by atoms with E-state index in [1.54, 1.807) is 4.90 Å². The molecule has 1 aliphatic carbocycles. The molecule has 0 aromatic heterocycles. The number of amides is 1. The number of carbonyl (C=O) groups is 2. The van der Waals surface area contributed by atoms with Crippen LogP contribution in [0, 0.1) is 0 Å². The van der Waals surface area contributed by atoms with Gasteiger partial charge in [0, 0.05) is 6.54 Å². The van der Waals surface area contributed by atoms with Gasteiger partial charge in [0.25, 0.3) is 0 Å². The van der Waals surface area contributed by atoms with Gasteiger partial charge < -0.3 is 10.8 Å². The lowest BCUT2D eigenvalue weighted by Gasteiger charge is -2.30. The fourth-order valence-electron chi connectivity index (χ4n) is 2.95. The Kier molecular flexibility index (Phi) is 4.74. The SMILES string of the molecule is NC(=O)CN(CC(=O)O)CC1CCCc2ccccc21. The van der Waals surface area contributed by atoms with E-state index in [-0.39, 0.29) is 19.0 Å². The van der Waals surface area contributed by atoms with Crippen LogP contribution in [0.15, 0.2) is 24.3 Å². The normalized spacial score (nSPS) is 17.8. The van der Waals surface area contributed by atoms with Crippen LogP contribution in [0.2, 0.25) is 0 Å². The van der Waals surface area contributed by atoms with E-state index in [9.17, 15) is 9.59 Å². The van der Waals surface area contributed by atoms with E-state index in [4.69, 9.17) is 10.8 Å². The van der Waals surface area contributed by atoms with Gasteiger partial charge in [-0.3, -0.25) is 14.5 Å². The van der Waals surface area contributed by atoms with Crippen LogP contribution in [0.4, 0.5) is 0 Å². The Morgan fingerprint density at radius 2 is 2.05 bits per heavy atom. The molecule has 1 amide bonds. The largest absolute Gasteiger partial charge is 0.480 e. The molecule has 0 saturated carbocycles. The molecule has 1 aromatic carbocycles. The van der Waals surface area contributed by atoms with Crippen molar-refractivity contribution in [3.8, 4) is 0 Å². The molecule has 1 unspecified atom stereocenters. The molecule has 3 N–H and O–H groups in total. The highest BCUT2D eigenvalue weighted by Crippen LogP contribution is 2.31. The summed E-state index contributed by atoms with van der Waals surface area (Å²) in [6.45, 7) is 0.402. The smallest absolute Gasteiger partial charge is 0.317 e. The lowest BCUT2D eigenvalue weighted by Crippen LogP contribution is -2.40. The van der Waals surface area contributed by atoms with Crippen molar-refractivity contribution in [3.05, 3.63) is 35.4 Å². The van der Waals surface area contributed by atoms with Gasteiger partial charge in [-0.2, -0.15) is 0 Å². The predicted molar refractivity (Wildman–Crippen MR) is 75.4 cm³/mol. The molecule has 0 bridgehead atoms. The van der Waals surface area contributed by atoms with Gasteiger partial charge in [0.15, 0.2) is 0 Å². The second-order valence-electron chi connectivity index (χ2n) is 5.32. The molecular weight excluding hydrogens is 256 g/mol. The van der Waals surface area contributed by atoms with Crippen molar-refractivity contribution in [3.63, 3.8) is 0 Å². The summed E-state index contributed by atoms with van der Waals surface area (Å²) >= 11 is 0. The minimum absolute atomic E-state index is 0.00896. The Labute approximate surface area is 118 Å². The average Bonchev–Trinajstić information content (AvgIpc) is 2.37. The number of carboxylic acids is 1. The summed E-state index contributed by atoms with van der Waals surface area (Å²) < 4.78 is 0. The number of carbonyl (C=O) groups excluding carboxylic acids is 1. The zero-order valence-corrected chi connectivity index (χ0v) is 11.4. The van der Waals surface area contributed by atoms with E-state index in [1.807, 2.05) is 12.1 Å². The van der Waals surface area contributed by atoms with E-state index >= 15 is 0 Å². The number of aliphatic carboxylic acids is 1. The van der Waals surface area contributed by atoms with Crippen molar-refractivity contribution in [2.45, 2.75) is 25.2 Å². The number of aryl methyl sites for hydroxylation is 1. The molecule has 0 saturated heterocycles. The molecule has 20 heavy (non-hydrogen) atoms. The molecule has 5 nitrogen and oxygen atoms in total. The third kappa shape index (κ3) is 3.81. The first-order chi connectivity index (χ1) is 9.56. The first-order valence-corrected chi connectivity index (χ1v) is 6.86. The maximum absolute atomic E-state index is 11.1. The number of rotatable bonds is 6. The fraction of sp³-hybridized carbons (Fsp3) is 0.467. The Bertz CT molecular complexity index is 486. The standard InChI is InChI=1S/C15H20N2O3/c16-14(18)9-17(10-15(19)20)8-12-6-3-5-11-4-1-2-7-13(11)12/h1-2,4,7,12H,3,5-6,8-10H2,(H2,16,18)(H,19,20). The van der Waals surface area contributed by atoms with Gasteiger partial charge in [-0.15, -0.1) is 0 Å². The average molecular weight is 276 g/mol. The summed E-state index contributed by atoms with van der Waals surface area (Å²) in [5, 5.41) is 8.93. The van der Waals surface area contributed by atoms with Crippen LogP contribution in [0.1, 0.15) is 29.9 Å². The Morgan fingerprint density at radius 3 is 2.75 bits per heavy atom. The molecule has 1 aliphatic rings. The fourth-order valence-corrected chi connectivity index (χ4v) is 2.95. The van der Waals surface area contributed by atoms with Crippen LogP contribution in [-0.4, -0.2) is 41.5 Å². The molecular formula is C15H20N2O3. The van der Waals surface area contributed by atoms with Gasteiger partial charge in [0.2, 0.25) is 5.91 Å². The van der Waals surface area contributed by atoms with Gasteiger partial charge in [0.05, 0.1) is 13.1 Å². The zero-order chi connectivity index (χ0) is 14.5. The Morgan fingerprint density at radius 1 is 1.30 bits per heavy atom. The molecule has 0 heterocycles. The minimum atomic E-state index is -0.935. The highest BCUT2D eigenvalue weighted by Gasteiger charge is 2.23. The van der Waals surface area contributed by atoms with Crippen molar-refractivity contribution < 1.29 is 14.7 Å². The topological polar surface area (TPSA) is 83.6 Å². The van der Waals surface area contributed by atoms with Gasteiger partial charge in [0.1, 0.15) is 0 Å². The van der Waals surface area contributed by atoms with Crippen molar-refractivity contribution in [1.29, 1.82) is 0 Å². The summed E-state index contributed by atoms with van der Waals surface area (Å²) in [5.41, 5.74) is 7.80. The van der Waals surface area contributed by atoms with Gasteiger partial charge in [-0.25, -0.2) is 0 Å². The van der Waals surface area contributed by atoms with Crippen molar-refractivity contribution in [1.82, 2.24) is 4.90 Å². The van der Waals surface area contributed by atoms with Gasteiger partial charge in [-0.1, -0.05) is 24.3 Å². The molecule has 0 spiro atoms. The van der Waals surface area contributed by atoms with Gasteiger partial charge >= 0.3 is 5.97 Å². The molecule has 0 aliphatic heterocycles. The van der Waals surface area contributed by atoms with Crippen LogP contribution in [0.25, 0.3) is 0 Å². The maximum Gasteiger partial charge on any atom is 0.317 e. The van der Waals surface area contributed by atoms with E-state index in [0.717, 1.165) is 19.3 Å². The van der Waals surface area contributed by atoms with E-state index in [1.165, 1.54) is 11.1 Å². The van der Waals surface area contributed by atoms with Crippen LogP contribution in [-0.2, 0) is 16.0 Å². The summed E-state index contributed by atoms with van der Waals surface area (Å²) in [6, 6.07) is 8.26. The number of nitrogens with two attached hydrogens (primary N) is 1. The van der Waals surface area contributed by atoms with Crippen molar-refractivity contribution in [2.24, 2.45) is 5.73 Å². The van der Waals surface area contributed by atoms with Crippen LogP contribution in [0.5, 0.6) is 0 Å². The molecule has 1 atom stereocenters. The van der Waals surface area contributed by atoms with E-state index in [2.05, 4.69) is 12.1 Å². The Balaban J connectivity index is 2.10. The number of nitrogens with zero attached hydrogens (tertiary/aromatic N) is 1. The van der Waals surface area contributed by atoms with E-state index in [0.29, 0.717) is 6.54 Å². The van der Waals surface area contributed by atoms with Crippen molar-refractivity contribution >= 4 is 11.9 Å². The highest BCUT2D eigenvalue weighted by atomic mass is 16.4. The summed E-state index contributed by atoms with van der Waals surface area (Å²) in [4.78, 5) is 23.6. The zero-order valence-electron chi connectivity index (χ0n) is 11.4. The second-order valence-corrected chi connectivity index (χ2v) is 5.32. The number of benzene rings is 1. The summed E-state index contributed by atoms with van der Waals surface area (Å²) in [5.74, 6) is -1.15. The van der Waals surface area contributed by atoms with E-state index < -0.39 is 11.9 Å². The van der Waals surface area contributed by atoms with Crippen molar-refractivity contribution in [2.75, 3.05) is 19.6 Å². The van der Waals surface area contributed by atoms with Crippen LogP contribution < -0.4 is 5.73 Å². The monoisotopic (exact) mass is 276 g/mol.